The van der Waals surface area contributed by atoms with Crippen molar-refractivity contribution in [2.24, 2.45) is 5.92 Å². The third kappa shape index (κ3) is 3.34. The van der Waals surface area contributed by atoms with Crippen LogP contribution in [0.4, 0.5) is 4.53 Å². The first-order valence-corrected chi connectivity index (χ1v) is 9.13. The molecule has 3 unspecified atom stereocenters. The van der Waals surface area contributed by atoms with E-state index in [-0.39, 0.29) is 11.8 Å². The van der Waals surface area contributed by atoms with Crippen molar-refractivity contribution in [3.05, 3.63) is 12.7 Å². The summed E-state index contributed by atoms with van der Waals surface area (Å²) in [6.07, 6.45) is 2.82. The van der Waals surface area contributed by atoms with E-state index in [9.17, 15) is 14.4 Å². The number of halogens is 2. The van der Waals surface area contributed by atoms with Crippen LogP contribution in [0.2, 0.25) is 0 Å². The van der Waals surface area contributed by atoms with Gasteiger partial charge in [0.25, 0.3) is 0 Å². The quantitative estimate of drug-likeness (QED) is 0.374. The van der Waals surface area contributed by atoms with Gasteiger partial charge < -0.3 is 15.2 Å². The topological polar surface area (TPSA) is 67.8 Å². The van der Waals surface area contributed by atoms with Crippen LogP contribution >= 0.6 is 11.6 Å². The summed E-state index contributed by atoms with van der Waals surface area (Å²) in [5.41, 5.74) is -2.28. The predicted molar refractivity (Wildman–Crippen MR) is 91.2 cm³/mol. The van der Waals surface area contributed by atoms with Gasteiger partial charge >= 0.3 is 0 Å². The number of alkyl halides is 1. The zero-order valence-electron chi connectivity index (χ0n) is 14.7. The number of carbonyl (C=O) groups is 1. The summed E-state index contributed by atoms with van der Waals surface area (Å²) < 4.78 is 18.3. The first-order valence-electron chi connectivity index (χ1n) is 8.60. The number of allylic oxidation sites excluding steroid dienone is 1. The van der Waals surface area contributed by atoms with Gasteiger partial charge in [-0.15, -0.1) is 18.2 Å². The Morgan fingerprint density at radius 1 is 1.54 bits per heavy atom. The van der Waals surface area contributed by atoms with Crippen molar-refractivity contribution in [3.63, 3.8) is 0 Å². The highest BCUT2D eigenvalue weighted by molar-refractivity contribution is 6.18. The van der Waals surface area contributed by atoms with Crippen molar-refractivity contribution >= 4 is 17.5 Å². The lowest BCUT2D eigenvalue weighted by atomic mass is 9.66. The smallest absolute Gasteiger partial charge is 0.226 e. The molecule has 1 amide bonds. The molecule has 2 saturated heterocycles. The van der Waals surface area contributed by atoms with Crippen LogP contribution in [0, 0.1) is 5.92 Å². The lowest BCUT2D eigenvalue weighted by Gasteiger charge is -2.58. The molecule has 7 heteroatoms. The van der Waals surface area contributed by atoms with Gasteiger partial charge in [-0.05, 0) is 37.1 Å². The van der Waals surface area contributed by atoms with Crippen LogP contribution in [0.25, 0.3) is 0 Å². The Labute approximate surface area is 148 Å². The van der Waals surface area contributed by atoms with Gasteiger partial charge in [-0.25, -0.2) is 0 Å². The molecule has 5 nitrogen and oxygen atoms in total. The number of aliphatic hydroxyl groups excluding tert-OH is 1. The van der Waals surface area contributed by atoms with Gasteiger partial charge in [0.05, 0.1) is 12.0 Å². The summed E-state index contributed by atoms with van der Waals surface area (Å²) >= 11 is 5.75. The Hall–Kier alpha value is -0.690. The summed E-state index contributed by atoms with van der Waals surface area (Å²) in [6, 6.07) is 0. The number of nitrogens with one attached hydrogen (secondary N) is 1. The Kier molecular flexibility index (Phi) is 8.12. The van der Waals surface area contributed by atoms with E-state index in [2.05, 4.69) is 16.8 Å². The van der Waals surface area contributed by atoms with Gasteiger partial charge in [0.1, 0.15) is 11.1 Å². The van der Waals surface area contributed by atoms with Crippen molar-refractivity contribution in [3.8, 4) is 0 Å². The van der Waals surface area contributed by atoms with Crippen LogP contribution in [0.15, 0.2) is 12.7 Å². The number of fused-ring (bicyclic) bond motifs is 1. The average Bonchev–Trinajstić information content (AvgIpc) is 2.75. The van der Waals surface area contributed by atoms with Crippen molar-refractivity contribution in [1.82, 2.24) is 5.32 Å². The second-order valence-electron chi connectivity index (χ2n) is 6.12. The van der Waals surface area contributed by atoms with E-state index in [1.165, 1.54) is 0 Å². The van der Waals surface area contributed by atoms with Gasteiger partial charge in [-0.1, -0.05) is 26.3 Å². The molecule has 0 aromatic carbocycles. The van der Waals surface area contributed by atoms with Crippen LogP contribution in [0.3, 0.4) is 0 Å². The molecule has 2 aliphatic heterocycles. The van der Waals surface area contributed by atoms with Crippen LogP contribution < -0.4 is 5.32 Å². The number of carbonyl (C=O) groups excluding carboxylic acids is 1. The van der Waals surface area contributed by atoms with E-state index in [0.717, 1.165) is 19.3 Å². The predicted octanol–water partition coefficient (Wildman–Crippen LogP) is 3.25. The zero-order chi connectivity index (χ0) is 18.4. The van der Waals surface area contributed by atoms with Crippen molar-refractivity contribution in [2.45, 2.75) is 76.4 Å². The minimum Gasteiger partial charge on any atom is -0.390 e. The lowest BCUT2D eigenvalue weighted by molar-refractivity contribution is -0.431. The minimum absolute atomic E-state index is 0.281. The molecule has 0 aromatic rings. The number of hydrogen-bond donors (Lipinski definition) is 2. The second kappa shape index (κ2) is 9.13. The largest absolute Gasteiger partial charge is 0.390 e. The van der Waals surface area contributed by atoms with Gasteiger partial charge in [0, 0.05) is 5.88 Å². The van der Waals surface area contributed by atoms with Crippen molar-refractivity contribution in [1.29, 1.82) is 0 Å². The molecule has 2 aliphatic rings. The summed E-state index contributed by atoms with van der Waals surface area (Å²) in [4.78, 5) is 16.1. The fourth-order valence-electron chi connectivity index (χ4n) is 3.71. The normalized spacial score (nSPS) is 35.2. The Morgan fingerprint density at radius 3 is 2.75 bits per heavy atom. The van der Waals surface area contributed by atoms with E-state index < -0.39 is 29.5 Å². The first kappa shape index (κ1) is 21.4. The lowest BCUT2D eigenvalue weighted by Crippen LogP contribution is -2.81. The van der Waals surface area contributed by atoms with Gasteiger partial charge in [0.15, 0.2) is 0 Å². The molecule has 2 heterocycles. The molecule has 0 saturated carbocycles. The van der Waals surface area contributed by atoms with E-state index in [0.29, 0.717) is 12.8 Å². The van der Waals surface area contributed by atoms with Gasteiger partial charge in [0.2, 0.25) is 12.2 Å². The van der Waals surface area contributed by atoms with E-state index in [1.807, 2.05) is 19.9 Å². The third-order valence-electron chi connectivity index (χ3n) is 5.00. The summed E-state index contributed by atoms with van der Waals surface area (Å²) in [5, 5.41) is 13.3. The number of aliphatic hydroxyl groups is 1. The highest BCUT2D eigenvalue weighted by Gasteiger charge is 2.78. The molecule has 2 rings (SSSR count). The molecule has 0 aliphatic carbocycles. The van der Waals surface area contributed by atoms with Gasteiger partial charge in [-0.2, -0.15) is 4.94 Å². The molecule has 2 N–H and O–H groups in total. The summed E-state index contributed by atoms with van der Waals surface area (Å²) in [5.74, 6) is -0.531. The molecule has 24 heavy (non-hydrogen) atoms. The van der Waals surface area contributed by atoms with Crippen LogP contribution in [-0.2, 0) is 14.5 Å². The monoisotopic (exact) mass is 365 g/mol. The SMILES string of the molecule is C=CCCCC[C@H](O)C12NC(=O)C(CCCl)[C@]1(C)OC2OF.CC. The second-order valence-corrected chi connectivity index (χ2v) is 6.50. The Morgan fingerprint density at radius 2 is 2.21 bits per heavy atom. The highest BCUT2D eigenvalue weighted by atomic mass is 35.5. The molecule has 0 aromatic heterocycles. The maximum absolute atomic E-state index is 12.8. The summed E-state index contributed by atoms with van der Waals surface area (Å²) in [7, 11) is 0. The first-order chi connectivity index (χ1) is 11.5. The standard InChI is InChI=1S/C15H23ClFNO4.C2H6/c1-3-4-5-6-7-11(19)15-13(22-17)21-14(15,2)10(8-9-16)12(20)18-15;1-2/h3,10-11,13,19H,1,4-9H2,2H3,(H,18,20);1-2H3/t10?,11-,13?,14-,15?;/m0./s1. The number of ether oxygens (including phenoxy) is 1. The summed E-state index contributed by atoms with van der Waals surface area (Å²) in [6.45, 7) is 9.35. The Balaban J connectivity index is 0.00000139. The van der Waals surface area contributed by atoms with Crippen molar-refractivity contribution < 1.29 is 24.1 Å². The number of amides is 1. The number of hydrogen-bond acceptors (Lipinski definition) is 4. The van der Waals surface area contributed by atoms with Crippen LogP contribution in [0.5, 0.6) is 0 Å². The van der Waals surface area contributed by atoms with Crippen LogP contribution in [0.1, 0.15) is 52.9 Å². The number of unbranched alkanes of at least 4 members (excludes halogenated alkanes) is 2. The Bertz CT molecular complexity index is 439. The zero-order valence-corrected chi connectivity index (χ0v) is 15.4. The van der Waals surface area contributed by atoms with E-state index in [4.69, 9.17) is 16.3 Å². The molecular formula is C17H29ClFNO4. The van der Waals surface area contributed by atoms with Crippen LogP contribution in [-0.4, -0.2) is 40.4 Å². The molecule has 0 radical (unpaired) electrons. The molecule has 2 fully saturated rings. The van der Waals surface area contributed by atoms with E-state index in [1.54, 1.807) is 6.92 Å². The maximum Gasteiger partial charge on any atom is 0.226 e. The average molecular weight is 366 g/mol. The fraction of sp³-hybridized carbons (Fsp3) is 0.824. The van der Waals surface area contributed by atoms with E-state index >= 15 is 0 Å². The minimum atomic E-state index is -1.30. The number of rotatable bonds is 9. The maximum atomic E-state index is 12.8. The molecule has 0 spiro atoms. The fourth-order valence-corrected chi connectivity index (χ4v) is 3.93. The van der Waals surface area contributed by atoms with Crippen molar-refractivity contribution in [2.75, 3.05) is 5.88 Å². The third-order valence-corrected chi connectivity index (χ3v) is 5.21. The van der Waals surface area contributed by atoms with Gasteiger partial charge in [-0.3, -0.25) is 4.79 Å². The molecule has 0 bridgehead atoms. The highest BCUT2D eigenvalue weighted by Crippen LogP contribution is 2.55. The molecule has 5 atom stereocenters. The molecular weight excluding hydrogens is 337 g/mol. The molecule has 140 valence electrons.